The Balaban J connectivity index is 2.04. The number of rotatable bonds is 5. The molecule has 0 spiro atoms. The van der Waals surface area contributed by atoms with Crippen molar-refractivity contribution in [2.24, 2.45) is 5.73 Å². The minimum absolute atomic E-state index is 0.0432. The molecule has 92 valence electrons. The molecule has 0 saturated heterocycles. The number of benzene rings is 2. The van der Waals surface area contributed by atoms with E-state index in [1.807, 2.05) is 36.4 Å². The molecule has 0 amide bonds. The quantitative estimate of drug-likeness (QED) is 0.789. The maximum atomic E-state index is 11.5. The van der Waals surface area contributed by atoms with Crippen LogP contribution in [0.3, 0.4) is 0 Å². The first-order chi connectivity index (χ1) is 8.79. The van der Waals surface area contributed by atoms with E-state index in [4.69, 9.17) is 5.73 Å². The largest absolute Gasteiger partial charge is 0.381 e. The number of nitrogens with two attached hydrogens (primary N) is 1. The average Bonchev–Trinajstić information content (AvgIpc) is 2.45. The van der Waals surface area contributed by atoms with E-state index >= 15 is 0 Å². The molecule has 3 heteroatoms. The molecule has 3 nitrogen and oxygen atoms in total. The van der Waals surface area contributed by atoms with E-state index in [9.17, 15) is 4.79 Å². The Morgan fingerprint density at radius 1 is 1.06 bits per heavy atom. The molecule has 0 bridgehead atoms. The molecule has 0 atom stereocenters. The van der Waals surface area contributed by atoms with Gasteiger partial charge in [-0.1, -0.05) is 42.5 Å². The SMILES string of the molecule is NCC(=O)c1cccc(NCc2ccccc2)c1. The van der Waals surface area contributed by atoms with E-state index in [2.05, 4.69) is 17.4 Å². The Morgan fingerprint density at radius 2 is 1.83 bits per heavy atom. The topological polar surface area (TPSA) is 55.1 Å². The van der Waals surface area contributed by atoms with Crippen LogP contribution in [-0.4, -0.2) is 12.3 Å². The number of hydrogen-bond acceptors (Lipinski definition) is 3. The second-order valence-corrected chi connectivity index (χ2v) is 4.05. The Kier molecular flexibility index (Phi) is 4.10. The van der Waals surface area contributed by atoms with Crippen molar-refractivity contribution in [2.75, 3.05) is 11.9 Å². The van der Waals surface area contributed by atoms with Crippen LogP contribution in [0, 0.1) is 0 Å². The Labute approximate surface area is 107 Å². The summed E-state index contributed by atoms with van der Waals surface area (Å²) in [4.78, 5) is 11.5. The standard InChI is InChI=1S/C15H16N2O/c16-10-15(18)13-7-4-8-14(9-13)17-11-12-5-2-1-3-6-12/h1-9,17H,10-11,16H2. The number of nitrogens with one attached hydrogen (secondary N) is 1. The fraction of sp³-hybridized carbons (Fsp3) is 0.133. The highest BCUT2D eigenvalue weighted by Crippen LogP contribution is 2.12. The molecule has 0 unspecified atom stereocenters. The van der Waals surface area contributed by atoms with Crippen molar-refractivity contribution in [3.8, 4) is 0 Å². The number of ketones is 1. The summed E-state index contributed by atoms with van der Waals surface area (Å²) in [5.41, 5.74) is 8.13. The van der Waals surface area contributed by atoms with E-state index in [1.165, 1.54) is 5.56 Å². The van der Waals surface area contributed by atoms with Gasteiger partial charge in [0, 0.05) is 17.8 Å². The summed E-state index contributed by atoms with van der Waals surface area (Å²) in [7, 11) is 0. The first kappa shape index (κ1) is 12.3. The fourth-order valence-corrected chi connectivity index (χ4v) is 1.72. The van der Waals surface area contributed by atoms with Crippen molar-refractivity contribution in [3.63, 3.8) is 0 Å². The summed E-state index contributed by atoms with van der Waals surface area (Å²) < 4.78 is 0. The minimum atomic E-state index is -0.0432. The van der Waals surface area contributed by atoms with E-state index in [0.717, 1.165) is 12.2 Å². The normalized spacial score (nSPS) is 10.1. The van der Waals surface area contributed by atoms with Crippen LogP contribution in [0.25, 0.3) is 0 Å². The Hall–Kier alpha value is -2.13. The van der Waals surface area contributed by atoms with Crippen LogP contribution in [0.15, 0.2) is 54.6 Å². The molecular weight excluding hydrogens is 224 g/mol. The average molecular weight is 240 g/mol. The summed E-state index contributed by atoms with van der Waals surface area (Å²) in [5, 5.41) is 3.29. The molecule has 0 aliphatic rings. The fourth-order valence-electron chi connectivity index (χ4n) is 1.72. The molecule has 0 radical (unpaired) electrons. The van der Waals surface area contributed by atoms with Crippen molar-refractivity contribution < 1.29 is 4.79 Å². The lowest BCUT2D eigenvalue weighted by Crippen LogP contribution is -2.13. The van der Waals surface area contributed by atoms with Gasteiger partial charge in [0.25, 0.3) is 0 Å². The third-order valence-electron chi connectivity index (χ3n) is 2.71. The molecule has 3 N–H and O–H groups in total. The van der Waals surface area contributed by atoms with E-state index < -0.39 is 0 Å². The van der Waals surface area contributed by atoms with E-state index in [-0.39, 0.29) is 12.3 Å². The lowest BCUT2D eigenvalue weighted by Gasteiger charge is -2.07. The third-order valence-corrected chi connectivity index (χ3v) is 2.71. The van der Waals surface area contributed by atoms with Crippen LogP contribution in [0.2, 0.25) is 0 Å². The van der Waals surface area contributed by atoms with Crippen LogP contribution in [-0.2, 0) is 6.54 Å². The van der Waals surface area contributed by atoms with Crippen LogP contribution in [0.4, 0.5) is 5.69 Å². The molecule has 0 aromatic heterocycles. The van der Waals surface area contributed by atoms with Gasteiger partial charge in [0.1, 0.15) is 0 Å². The van der Waals surface area contributed by atoms with Crippen molar-refractivity contribution in [1.82, 2.24) is 0 Å². The molecule has 2 rings (SSSR count). The maximum Gasteiger partial charge on any atom is 0.176 e. The van der Waals surface area contributed by atoms with Gasteiger partial charge < -0.3 is 11.1 Å². The molecule has 0 fully saturated rings. The molecular formula is C15H16N2O. The van der Waals surface area contributed by atoms with Gasteiger partial charge >= 0.3 is 0 Å². The first-order valence-corrected chi connectivity index (χ1v) is 5.91. The van der Waals surface area contributed by atoms with Gasteiger partial charge in [0.2, 0.25) is 0 Å². The van der Waals surface area contributed by atoms with E-state index in [0.29, 0.717) is 5.56 Å². The number of carbonyl (C=O) groups excluding carboxylic acids is 1. The molecule has 0 aliphatic carbocycles. The molecule has 0 saturated carbocycles. The molecule has 2 aromatic carbocycles. The minimum Gasteiger partial charge on any atom is -0.381 e. The molecule has 0 heterocycles. The maximum absolute atomic E-state index is 11.5. The highest BCUT2D eigenvalue weighted by molar-refractivity contribution is 5.98. The highest BCUT2D eigenvalue weighted by atomic mass is 16.1. The second kappa shape index (κ2) is 5.98. The van der Waals surface area contributed by atoms with Crippen LogP contribution >= 0.6 is 0 Å². The summed E-state index contributed by atoms with van der Waals surface area (Å²) in [6, 6.07) is 17.5. The van der Waals surface area contributed by atoms with Crippen molar-refractivity contribution >= 4 is 11.5 Å². The number of hydrogen-bond donors (Lipinski definition) is 2. The summed E-state index contributed by atoms with van der Waals surface area (Å²) in [5.74, 6) is -0.0432. The molecule has 0 aliphatic heterocycles. The third kappa shape index (κ3) is 3.18. The zero-order valence-corrected chi connectivity index (χ0v) is 10.1. The zero-order valence-electron chi connectivity index (χ0n) is 10.1. The summed E-state index contributed by atoms with van der Waals surface area (Å²) in [6.07, 6.45) is 0. The summed E-state index contributed by atoms with van der Waals surface area (Å²) in [6.45, 7) is 0.781. The predicted molar refractivity (Wildman–Crippen MR) is 73.6 cm³/mol. The second-order valence-electron chi connectivity index (χ2n) is 4.05. The lowest BCUT2D eigenvalue weighted by atomic mass is 10.1. The van der Waals surface area contributed by atoms with Gasteiger partial charge in [-0.05, 0) is 17.7 Å². The Bertz CT molecular complexity index is 523. The highest BCUT2D eigenvalue weighted by Gasteiger charge is 2.03. The number of Topliss-reactive ketones (excluding diaryl/α,β-unsaturated/α-hetero) is 1. The lowest BCUT2D eigenvalue weighted by molar-refractivity contribution is 0.100. The zero-order chi connectivity index (χ0) is 12.8. The molecule has 18 heavy (non-hydrogen) atoms. The smallest absolute Gasteiger partial charge is 0.176 e. The first-order valence-electron chi connectivity index (χ1n) is 5.91. The van der Waals surface area contributed by atoms with Gasteiger partial charge in [-0.3, -0.25) is 4.79 Å². The summed E-state index contributed by atoms with van der Waals surface area (Å²) >= 11 is 0. The monoisotopic (exact) mass is 240 g/mol. The number of anilines is 1. The van der Waals surface area contributed by atoms with Crippen molar-refractivity contribution in [2.45, 2.75) is 6.54 Å². The van der Waals surface area contributed by atoms with Gasteiger partial charge in [0.05, 0.1) is 6.54 Å². The van der Waals surface area contributed by atoms with Gasteiger partial charge in [-0.15, -0.1) is 0 Å². The van der Waals surface area contributed by atoms with Gasteiger partial charge in [-0.2, -0.15) is 0 Å². The van der Waals surface area contributed by atoms with Gasteiger partial charge in [-0.25, -0.2) is 0 Å². The van der Waals surface area contributed by atoms with E-state index in [1.54, 1.807) is 6.07 Å². The number of carbonyl (C=O) groups is 1. The van der Waals surface area contributed by atoms with Crippen molar-refractivity contribution in [3.05, 3.63) is 65.7 Å². The van der Waals surface area contributed by atoms with Crippen LogP contribution in [0.1, 0.15) is 15.9 Å². The predicted octanol–water partition coefficient (Wildman–Crippen LogP) is 2.44. The molecule has 2 aromatic rings. The van der Waals surface area contributed by atoms with Gasteiger partial charge in [0.15, 0.2) is 5.78 Å². The van der Waals surface area contributed by atoms with Crippen LogP contribution in [0.5, 0.6) is 0 Å². The van der Waals surface area contributed by atoms with Crippen molar-refractivity contribution in [1.29, 1.82) is 0 Å². The Morgan fingerprint density at radius 3 is 2.56 bits per heavy atom. The van der Waals surface area contributed by atoms with Crippen LogP contribution < -0.4 is 11.1 Å².